The molecule has 0 saturated heterocycles. The number of hydrogen-bond acceptors (Lipinski definition) is 4. The molecule has 2 aromatic rings. The minimum absolute atomic E-state index is 0.624. The van der Waals surface area contributed by atoms with Gasteiger partial charge in [-0.15, -0.1) is 0 Å². The predicted octanol–water partition coefficient (Wildman–Crippen LogP) is 2.90. The Balaban J connectivity index is 2.05. The fraction of sp³-hybridized carbons (Fsp3) is 0.200. The Kier molecular flexibility index (Phi) is 4.13. The molecular formula is C15H18N2O2. The Morgan fingerprint density at radius 2 is 1.74 bits per heavy atom. The van der Waals surface area contributed by atoms with Crippen molar-refractivity contribution in [3.05, 3.63) is 48.0 Å². The van der Waals surface area contributed by atoms with Gasteiger partial charge in [-0.1, -0.05) is 18.2 Å². The zero-order valence-electron chi connectivity index (χ0n) is 11.1. The van der Waals surface area contributed by atoms with E-state index in [-0.39, 0.29) is 0 Å². The monoisotopic (exact) mass is 258 g/mol. The third-order valence-corrected chi connectivity index (χ3v) is 2.93. The highest BCUT2D eigenvalue weighted by Crippen LogP contribution is 2.29. The Bertz CT molecular complexity index is 538. The third-order valence-electron chi connectivity index (χ3n) is 2.93. The molecule has 0 atom stereocenters. The van der Waals surface area contributed by atoms with E-state index in [0.717, 1.165) is 17.0 Å². The summed E-state index contributed by atoms with van der Waals surface area (Å²) < 4.78 is 10.3. The molecule has 2 aromatic carbocycles. The average Bonchev–Trinajstić information content (AvgIpc) is 2.47. The van der Waals surface area contributed by atoms with Gasteiger partial charge in [0, 0.05) is 6.54 Å². The second kappa shape index (κ2) is 6.00. The van der Waals surface area contributed by atoms with E-state index < -0.39 is 0 Å². The van der Waals surface area contributed by atoms with Crippen LogP contribution in [0.25, 0.3) is 0 Å². The second-order valence-electron chi connectivity index (χ2n) is 4.12. The first-order valence-corrected chi connectivity index (χ1v) is 6.04. The summed E-state index contributed by atoms with van der Waals surface area (Å²) in [4.78, 5) is 0. The van der Waals surface area contributed by atoms with Gasteiger partial charge in [0.25, 0.3) is 0 Å². The smallest absolute Gasteiger partial charge is 0.143 e. The van der Waals surface area contributed by atoms with Crippen molar-refractivity contribution in [2.45, 2.75) is 6.54 Å². The summed E-state index contributed by atoms with van der Waals surface area (Å²) in [5, 5.41) is 3.30. The van der Waals surface area contributed by atoms with E-state index >= 15 is 0 Å². The number of anilines is 2. The summed E-state index contributed by atoms with van der Waals surface area (Å²) in [6, 6.07) is 13.6. The zero-order valence-corrected chi connectivity index (χ0v) is 11.1. The molecule has 0 radical (unpaired) electrons. The van der Waals surface area contributed by atoms with Crippen LogP contribution in [0.4, 0.5) is 11.4 Å². The molecule has 0 aliphatic rings. The van der Waals surface area contributed by atoms with Gasteiger partial charge in [-0.05, 0) is 29.8 Å². The minimum Gasteiger partial charge on any atom is -0.497 e. The molecule has 4 heteroatoms. The van der Waals surface area contributed by atoms with Crippen molar-refractivity contribution < 1.29 is 9.47 Å². The first-order chi connectivity index (χ1) is 9.24. The Labute approximate surface area is 113 Å². The van der Waals surface area contributed by atoms with Crippen molar-refractivity contribution in [2.75, 3.05) is 25.3 Å². The number of methoxy groups -OCH3 is 2. The van der Waals surface area contributed by atoms with Crippen LogP contribution in [0.15, 0.2) is 42.5 Å². The lowest BCUT2D eigenvalue weighted by molar-refractivity contribution is 0.414. The van der Waals surface area contributed by atoms with Crippen LogP contribution < -0.4 is 20.5 Å². The van der Waals surface area contributed by atoms with Gasteiger partial charge in [0.2, 0.25) is 0 Å². The van der Waals surface area contributed by atoms with Crippen LogP contribution in [0.5, 0.6) is 11.5 Å². The van der Waals surface area contributed by atoms with E-state index in [1.54, 1.807) is 14.2 Å². The molecule has 0 bridgehead atoms. The van der Waals surface area contributed by atoms with Crippen LogP contribution in [0.2, 0.25) is 0 Å². The van der Waals surface area contributed by atoms with E-state index in [1.807, 2.05) is 42.5 Å². The lowest BCUT2D eigenvalue weighted by Gasteiger charge is -2.12. The molecule has 0 saturated carbocycles. The van der Waals surface area contributed by atoms with E-state index in [4.69, 9.17) is 15.2 Å². The highest BCUT2D eigenvalue weighted by atomic mass is 16.5. The van der Waals surface area contributed by atoms with Gasteiger partial charge < -0.3 is 20.5 Å². The van der Waals surface area contributed by atoms with Crippen LogP contribution >= 0.6 is 0 Å². The number of nitrogens with one attached hydrogen (secondary N) is 1. The van der Waals surface area contributed by atoms with E-state index in [9.17, 15) is 0 Å². The largest absolute Gasteiger partial charge is 0.497 e. The number of hydrogen-bond donors (Lipinski definition) is 2. The van der Waals surface area contributed by atoms with Crippen LogP contribution in [0, 0.1) is 0 Å². The summed E-state index contributed by atoms with van der Waals surface area (Å²) in [5.41, 5.74) is 8.65. The van der Waals surface area contributed by atoms with Gasteiger partial charge in [0.15, 0.2) is 0 Å². The normalized spacial score (nSPS) is 10.0. The quantitative estimate of drug-likeness (QED) is 0.810. The maximum atomic E-state index is 6.00. The van der Waals surface area contributed by atoms with Crippen LogP contribution in [-0.4, -0.2) is 14.2 Å². The number of nitrogens with two attached hydrogens (primary N) is 1. The summed E-state index contributed by atoms with van der Waals surface area (Å²) in [7, 11) is 3.27. The van der Waals surface area contributed by atoms with Gasteiger partial charge in [0.1, 0.15) is 11.5 Å². The van der Waals surface area contributed by atoms with E-state index in [2.05, 4.69) is 5.32 Å². The van der Waals surface area contributed by atoms with Gasteiger partial charge in [-0.2, -0.15) is 0 Å². The van der Waals surface area contributed by atoms with Crippen molar-refractivity contribution in [2.24, 2.45) is 0 Å². The molecule has 0 unspecified atom stereocenters. The first-order valence-electron chi connectivity index (χ1n) is 6.04. The van der Waals surface area contributed by atoms with Crippen molar-refractivity contribution in [3.63, 3.8) is 0 Å². The molecule has 0 fully saturated rings. The van der Waals surface area contributed by atoms with Crippen LogP contribution in [0.1, 0.15) is 5.56 Å². The van der Waals surface area contributed by atoms with Crippen molar-refractivity contribution >= 4 is 11.4 Å². The fourth-order valence-corrected chi connectivity index (χ4v) is 1.82. The van der Waals surface area contributed by atoms with Gasteiger partial charge in [-0.25, -0.2) is 0 Å². The standard InChI is InChI=1S/C15H18N2O2/c1-18-12-8-6-11(7-9-12)10-17-13-4-3-5-14(19-2)15(13)16/h3-9,17H,10,16H2,1-2H3. The first kappa shape index (κ1) is 13.1. The van der Waals surface area contributed by atoms with Crippen LogP contribution in [0.3, 0.4) is 0 Å². The molecule has 0 spiro atoms. The third kappa shape index (κ3) is 3.10. The molecule has 0 aliphatic carbocycles. The molecule has 19 heavy (non-hydrogen) atoms. The second-order valence-corrected chi connectivity index (χ2v) is 4.12. The number of benzene rings is 2. The molecule has 0 amide bonds. The van der Waals surface area contributed by atoms with Crippen LogP contribution in [-0.2, 0) is 6.54 Å². The maximum Gasteiger partial charge on any atom is 0.143 e. The van der Waals surface area contributed by atoms with Gasteiger partial charge in [-0.3, -0.25) is 0 Å². The van der Waals surface area contributed by atoms with E-state index in [1.165, 1.54) is 0 Å². The molecule has 100 valence electrons. The molecular weight excluding hydrogens is 240 g/mol. The predicted molar refractivity (Wildman–Crippen MR) is 77.7 cm³/mol. The topological polar surface area (TPSA) is 56.5 Å². The Morgan fingerprint density at radius 3 is 2.37 bits per heavy atom. The Hall–Kier alpha value is -2.36. The summed E-state index contributed by atoms with van der Waals surface area (Å²) in [5.74, 6) is 1.53. The SMILES string of the molecule is COc1ccc(CNc2cccc(OC)c2N)cc1. The minimum atomic E-state index is 0.624. The molecule has 4 nitrogen and oxygen atoms in total. The lowest BCUT2D eigenvalue weighted by Crippen LogP contribution is -2.03. The molecule has 0 aliphatic heterocycles. The van der Waals surface area contributed by atoms with Crippen molar-refractivity contribution in [3.8, 4) is 11.5 Å². The van der Waals surface area contributed by atoms with Crippen molar-refractivity contribution in [1.82, 2.24) is 0 Å². The highest BCUT2D eigenvalue weighted by Gasteiger charge is 2.04. The Morgan fingerprint density at radius 1 is 1.00 bits per heavy atom. The van der Waals surface area contributed by atoms with Gasteiger partial charge in [0.05, 0.1) is 25.6 Å². The molecule has 0 heterocycles. The van der Waals surface area contributed by atoms with Gasteiger partial charge >= 0.3 is 0 Å². The molecule has 3 N–H and O–H groups in total. The molecule has 2 rings (SSSR count). The average molecular weight is 258 g/mol. The van der Waals surface area contributed by atoms with E-state index in [0.29, 0.717) is 18.0 Å². The lowest BCUT2D eigenvalue weighted by atomic mass is 10.2. The molecule has 0 aromatic heterocycles. The summed E-state index contributed by atoms with van der Waals surface area (Å²) in [6.07, 6.45) is 0. The highest BCUT2D eigenvalue weighted by molar-refractivity contribution is 5.72. The summed E-state index contributed by atoms with van der Waals surface area (Å²) >= 11 is 0. The number of para-hydroxylation sites is 1. The number of ether oxygens (including phenoxy) is 2. The number of rotatable bonds is 5. The number of nitrogen functional groups attached to an aromatic ring is 1. The summed E-state index contributed by atoms with van der Waals surface area (Å²) in [6.45, 7) is 0.696. The maximum absolute atomic E-state index is 6.00. The zero-order chi connectivity index (χ0) is 13.7. The fourth-order valence-electron chi connectivity index (χ4n) is 1.82. The van der Waals surface area contributed by atoms with Crippen molar-refractivity contribution in [1.29, 1.82) is 0 Å².